The molecule has 0 radical (unpaired) electrons. The third kappa shape index (κ3) is 34.4. The van der Waals surface area contributed by atoms with Gasteiger partial charge in [-0.1, -0.05) is 131 Å². The van der Waals surface area contributed by atoms with E-state index in [4.69, 9.17) is 23.3 Å². The normalized spacial score (nSPS) is 20.8. The number of phosphoric acid groups is 1. The maximum absolute atomic E-state index is 12.7. The molecular weight excluding hydrogens is 838 g/mol. The number of rotatable bonds is 37. The molecule has 1 saturated heterocycles. The van der Waals surface area contributed by atoms with Gasteiger partial charge in [-0.3, -0.25) is 14.2 Å². The molecule has 2 unspecified atom stereocenters. The Morgan fingerprint density at radius 1 is 0.750 bits per heavy atom. The van der Waals surface area contributed by atoms with Crippen LogP contribution in [0, 0.1) is 5.92 Å². The molecule has 1 heterocycles. The van der Waals surface area contributed by atoms with Gasteiger partial charge in [0, 0.05) is 25.2 Å². The predicted octanol–water partition coefficient (Wildman–Crippen LogP) is 9.05. The first-order chi connectivity index (χ1) is 30.7. The van der Waals surface area contributed by atoms with Gasteiger partial charge in [-0.25, -0.2) is 0 Å². The molecule has 1 aliphatic rings. The highest BCUT2D eigenvalue weighted by Gasteiger charge is 2.35. The number of phosphoric ester groups is 1. The number of ether oxygens (including phenoxy) is 3. The monoisotopic (exact) mass is 922 g/mol. The third-order valence-electron chi connectivity index (χ3n) is 10.2. The van der Waals surface area contributed by atoms with E-state index in [0.29, 0.717) is 43.1 Å². The van der Waals surface area contributed by atoms with Crippen molar-refractivity contribution in [1.82, 2.24) is 0 Å². The lowest BCUT2D eigenvalue weighted by atomic mass is 9.87. The molecule has 0 saturated carbocycles. The molecule has 13 nitrogen and oxygen atoms in total. The summed E-state index contributed by atoms with van der Waals surface area (Å²) in [5.74, 6) is -1.45. The summed E-state index contributed by atoms with van der Waals surface area (Å²) >= 11 is 0. The van der Waals surface area contributed by atoms with Crippen LogP contribution in [0.2, 0.25) is 0 Å². The maximum Gasteiger partial charge on any atom is 0.306 e. The molecule has 0 aromatic rings. The van der Waals surface area contributed by atoms with Crippen molar-refractivity contribution in [2.24, 2.45) is 5.92 Å². The van der Waals surface area contributed by atoms with Crippen LogP contribution in [0.3, 0.4) is 0 Å². The van der Waals surface area contributed by atoms with Gasteiger partial charge in [-0.15, -0.1) is 0 Å². The van der Waals surface area contributed by atoms with Crippen molar-refractivity contribution in [2.75, 3.05) is 47.5 Å². The van der Waals surface area contributed by atoms with Gasteiger partial charge >= 0.3 is 11.9 Å². The maximum atomic E-state index is 12.7. The topological polar surface area (TPSA) is 181 Å². The molecule has 0 spiro atoms. The Kier molecular flexibility index (Phi) is 34.3. The van der Waals surface area contributed by atoms with Gasteiger partial charge < -0.3 is 48.0 Å². The van der Waals surface area contributed by atoms with Crippen LogP contribution in [0.25, 0.3) is 0 Å². The molecule has 1 fully saturated rings. The lowest BCUT2D eigenvalue weighted by molar-refractivity contribution is -0.870. The lowest BCUT2D eigenvalue weighted by Crippen LogP contribution is -2.43. The second kappa shape index (κ2) is 37.2. The average molecular weight is 922 g/mol. The van der Waals surface area contributed by atoms with E-state index in [1.807, 2.05) is 45.4 Å². The van der Waals surface area contributed by atoms with Gasteiger partial charge in [0.1, 0.15) is 19.8 Å². The van der Waals surface area contributed by atoms with Crippen molar-refractivity contribution in [3.05, 3.63) is 85.1 Å². The summed E-state index contributed by atoms with van der Waals surface area (Å²) < 4.78 is 39.5. The highest BCUT2D eigenvalue weighted by molar-refractivity contribution is 7.45. The van der Waals surface area contributed by atoms with Crippen molar-refractivity contribution in [1.29, 1.82) is 0 Å². The highest BCUT2D eigenvalue weighted by atomic mass is 31.2. The Bertz CT molecular complexity index is 1480. The molecule has 7 atom stereocenters. The summed E-state index contributed by atoms with van der Waals surface area (Å²) in [5.41, 5.74) is 0. The summed E-state index contributed by atoms with van der Waals surface area (Å²) in [6.45, 7) is 3.67. The van der Waals surface area contributed by atoms with E-state index in [1.54, 1.807) is 12.2 Å². The lowest BCUT2D eigenvalue weighted by Gasteiger charge is -2.36. The molecule has 64 heavy (non-hydrogen) atoms. The fourth-order valence-corrected chi connectivity index (χ4v) is 7.11. The summed E-state index contributed by atoms with van der Waals surface area (Å²) in [5, 5.41) is 31.0. The molecular formula is C50H84NO12P. The molecule has 366 valence electrons. The number of hydrogen-bond acceptors (Lipinski definition) is 12. The number of likely N-dealkylation sites (N-methyl/N-ethyl adjacent to an activating group) is 1. The molecule has 3 N–H and O–H groups in total. The second-order valence-electron chi connectivity index (χ2n) is 17.3. The summed E-state index contributed by atoms with van der Waals surface area (Å²) in [6, 6.07) is 0. The molecule has 0 aromatic carbocycles. The third-order valence-corrected chi connectivity index (χ3v) is 11.2. The van der Waals surface area contributed by atoms with Gasteiger partial charge in [0.05, 0.1) is 46.1 Å². The minimum absolute atomic E-state index is 0.0412. The standard InChI is InChI=1S/C50H84NO12P/c1-6-8-10-11-12-13-14-15-16-17-18-19-20-21-22-23-24-25-31-35-49(55)62-44(42-61-64(57,58)60-39-38-51(3,4)5)41-59-48(54)34-30-27-26-29-33-45-46(53)40-50(56)63-47(45)37-36-43(52)32-28-9-7-2/h12-13,15-16,18-19,21-22,24-26,29,36-37,43-47,50,52-53,56H,6-11,14,17,20,23,27-28,30-35,38-42H2,1-5H3/b13-12-,16-15-,19-18-,22-21-,25-24-,29-26-,37-36+/t43-,44+,45-,46-,47+,50?/m0/s1. The summed E-state index contributed by atoms with van der Waals surface area (Å²) in [6.07, 6.45) is 38.2. The zero-order valence-electron chi connectivity index (χ0n) is 39.7. The Hall–Kier alpha value is -2.97. The van der Waals surface area contributed by atoms with Crippen LogP contribution in [0.1, 0.15) is 136 Å². The summed E-state index contributed by atoms with van der Waals surface area (Å²) in [4.78, 5) is 37.8. The number of carbonyl (C=O) groups is 2. The van der Waals surface area contributed by atoms with E-state index < -0.39 is 63.7 Å². The first kappa shape index (κ1) is 59.0. The van der Waals surface area contributed by atoms with Crippen LogP contribution in [-0.2, 0) is 37.4 Å². The zero-order chi connectivity index (χ0) is 47.3. The first-order valence-electron chi connectivity index (χ1n) is 23.7. The Labute approximate surface area is 385 Å². The average Bonchev–Trinajstić information content (AvgIpc) is 3.23. The highest BCUT2D eigenvalue weighted by Crippen LogP contribution is 2.38. The van der Waals surface area contributed by atoms with Crippen LogP contribution in [0.15, 0.2) is 85.1 Å². The van der Waals surface area contributed by atoms with E-state index in [0.717, 1.165) is 51.4 Å². The smallest absolute Gasteiger partial charge is 0.306 e. The van der Waals surface area contributed by atoms with Crippen molar-refractivity contribution >= 4 is 19.8 Å². The molecule has 14 heteroatoms. The quantitative estimate of drug-likeness (QED) is 0.0177. The number of esters is 2. The van der Waals surface area contributed by atoms with Crippen LogP contribution >= 0.6 is 7.82 Å². The van der Waals surface area contributed by atoms with E-state index in [1.165, 1.54) is 19.3 Å². The van der Waals surface area contributed by atoms with Crippen molar-refractivity contribution in [3.8, 4) is 0 Å². The second-order valence-corrected chi connectivity index (χ2v) is 18.7. The Balaban J connectivity index is 2.56. The van der Waals surface area contributed by atoms with E-state index in [-0.39, 0.29) is 31.8 Å². The predicted molar refractivity (Wildman–Crippen MR) is 253 cm³/mol. The number of aliphatic hydroxyl groups excluding tert-OH is 3. The van der Waals surface area contributed by atoms with E-state index >= 15 is 0 Å². The fraction of sp³-hybridized carbons (Fsp3) is 0.680. The molecule has 0 aromatic heterocycles. The first-order valence-corrected chi connectivity index (χ1v) is 25.1. The number of quaternary nitrogens is 1. The van der Waals surface area contributed by atoms with Crippen LogP contribution in [0.4, 0.5) is 0 Å². The molecule has 0 aliphatic carbocycles. The van der Waals surface area contributed by atoms with Gasteiger partial charge in [0.25, 0.3) is 7.82 Å². The summed E-state index contributed by atoms with van der Waals surface area (Å²) in [7, 11) is 0.957. The minimum atomic E-state index is -4.72. The van der Waals surface area contributed by atoms with Crippen LogP contribution < -0.4 is 4.89 Å². The van der Waals surface area contributed by atoms with Crippen LogP contribution in [0.5, 0.6) is 0 Å². The molecule has 1 aliphatic heterocycles. The van der Waals surface area contributed by atoms with Gasteiger partial charge in [-0.05, 0) is 70.6 Å². The van der Waals surface area contributed by atoms with E-state index in [2.05, 4.69) is 62.5 Å². The van der Waals surface area contributed by atoms with Crippen molar-refractivity contribution in [2.45, 2.75) is 167 Å². The number of nitrogens with zero attached hydrogens (tertiary/aromatic N) is 1. The molecule has 0 amide bonds. The Morgan fingerprint density at radius 3 is 1.95 bits per heavy atom. The van der Waals surface area contributed by atoms with Crippen molar-refractivity contribution in [3.63, 3.8) is 0 Å². The largest absolute Gasteiger partial charge is 0.756 e. The Morgan fingerprint density at radius 2 is 1.33 bits per heavy atom. The number of allylic oxidation sites excluding steroid dienone is 12. The van der Waals surface area contributed by atoms with Crippen LogP contribution in [-0.4, -0.2) is 110 Å². The number of carbonyl (C=O) groups excluding carboxylic acids is 2. The van der Waals surface area contributed by atoms with Crippen molar-refractivity contribution < 1.29 is 62.1 Å². The number of aliphatic hydroxyl groups is 3. The fourth-order valence-electron chi connectivity index (χ4n) is 6.38. The minimum Gasteiger partial charge on any atom is -0.756 e. The van der Waals surface area contributed by atoms with Gasteiger partial charge in [0.2, 0.25) is 0 Å². The van der Waals surface area contributed by atoms with Gasteiger partial charge in [0.15, 0.2) is 12.4 Å². The van der Waals surface area contributed by atoms with Gasteiger partial charge in [-0.2, -0.15) is 0 Å². The SMILES string of the molecule is CCCCC/C=C\C/C=C\C/C=C\C/C=C\C/C=C\CCC(=O)O[C@H](COC(=O)CCC/C=C\C[C@H]1[C@@H](O)CC(O)O[C@@H]1/C=C/[C@@H](O)CCCCC)COP(=O)([O-])OCC[N+](C)(C)C. The molecule has 0 bridgehead atoms. The number of hydrogen-bond donors (Lipinski definition) is 3. The van der Waals surface area contributed by atoms with E-state index in [9.17, 15) is 34.4 Å². The zero-order valence-corrected chi connectivity index (χ0v) is 40.6. The number of unbranched alkanes of at least 4 members (excludes halogenated alkanes) is 6. The molecule has 1 rings (SSSR count).